The molecule has 3 heterocycles. The lowest BCUT2D eigenvalue weighted by Crippen LogP contribution is -2.40. The molecule has 0 aromatic carbocycles. The number of fused-ring (bicyclic) bond motifs is 1. The molecule has 1 amide bonds. The number of hydrogen-bond acceptors (Lipinski definition) is 6. The van der Waals surface area contributed by atoms with E-state index in [1.165, 1.54) is 4.31 Å². The second-order valence-electron chi connectivity index (χ2n) is 7.63. The van der Waals surface area contributed by atoms with Crippen LogP contribution >= 0.6 is 0 Å². The van der Waals surface area contributed by atoms with Gasteiger partial charge in [0.15, 0.2) is 0 Å². The zero-order valence-corrected chi connectivity index (χ0v) is 16.5. The van der Waals surface area contributed by atoms with Crippen LogP contribution in [0.2, 0.25) is 0 Å². The van der Waals surface area contributed by atoms with E-state index in [9.17, 15) is 13.6 Å². The number of pyridine rings is 1. The lowest BCUT2D eigenvalue weighted by molar-refractivity contribution is 0.0964. The van der Waals surface area contributed by atoms with Crippen molar-refractivity contribution in [2.24, 2.45) is 0 Å². The summed E-state index contributed by atoms with van der Waals surface area (Å²) < 4.78 is 31.9. The van der Waals surface area contributed by atoms with Gasteiger partial charge in [-0.3, -0.25) is 4.79 Å². The summed E-state index contributed by atoms with van der Waals surface area (Å²) in [6, 6.07) is 1.83. The van der Waals surface area contributed by atoms with Crippen LogP contribution in [-0.4, -0.2) is 50.3 Å². The van der Waals surface area contributed by atoms with Crippen LogP contribution in [0.3, 0.4) is 0 Å². The van der Waals surface area contributed by atoms with E-state index in [0.29, 0.717) is 47.8 Å². The van der Waals surface area contributed by atoms with Crippen molar-refractivity contribution in [3.63, 3.8) is 0 Å². The Morgan fingerprint density at radius 2 is 2.11 bits per heavy atom. The van der Waals surface area contributed by atoms with Gasteiger partial charge in [0, 0.05) is 31.1 Å². The maximum atomic E-state index is 12.5. The highest BCUT2D eigenvalue weighted by atomic mass is 32.3. The molecule has 2 aliphatic rings. The van der Waals surface area contributed by atoms with Gasteiger partial charge in [0.1, 0.15) is 15.6 Å². The van der Waals surface area contributed by atoms with E-state index in [2.05, 4.69) is 15.5 Å². The van der Waals surface area contributed by atoms with Crippen LogP contribution in [0.4, 0.5) is 0 Å². The van der Waals surface area contributed by atoms with E-state index in [0.717, 1.165) is 18.5 Å². The van der Waals surface area contributed by atoms with Crippen LogP contribution in [0.5, 0.6) is 0 Å². The highest BCUT2D eigenvalue weighted by Crippen LogP contribution is 2.42. The molecule has 2 fully saturated rings. The van der Waals surface area contributed by atoms with E-state index >= 15 is 0 Å². The molecule has 2 aromatic rings. The summed E-state index contributed by atoms with van der Waals surface area (Å²) in [7, 11) is -1.73. The number of sulfonamides is 1. The first-order valence-corrected chi connectivity index (χ1v) is 10.8. The Morgan fingerprint density at radius 1 is 1.37 bits per heavy atom. The fourth-order valence-corrected chi connectivity index (χ4v) is 5.00. The van der Waals surface area contributed by atoms with E-state index in [-0.39, 0.29) is 11.8 Å². The molecule has 27 heavy (non-hydrogen) atoms. The average molecular weight is 392 g/mol. The van der Waals surface area contributed by atoms with Gasteiger partial charge in [-0.05, 0) is 39.2 Å². The van der Waals surface area contributed by atoms with Gasteiger partial charge in [-0.1, -0.05) is 9.37 Å². The third-order valence-electron chi connectivity index (χ3n) is 5.45. The molecule has 1 aliphatic heterocycles. The molecule has 1 saturated heterocycles. The van der Waals surface area contributed by atoms with Gasteiger partial charge in [0.2, 0.25) is 0 Å². The fourth-order valence-electron chi connectivity index (χ4n) is 3.65. The van der Waals surface area contributed by atoms with Crippen molar-refractivity contribution in [2.75, 3.05) is 20.1 Å². The van der Waals surface area contributed by atoms with E-state index in [1.807, 2.05) is 6.07 Å². The molecular weight excluding hydrogens is 368 g/mol. The standard InChI is InChI=1S/C18H24N4O4S/c1-10(2)27(24,25)22-7-6-12(9-22)16-15-13(17(23)19-3)8-14(11-4-5-11)20-18(15)26-21-16/h8,10-12H,4-7,9H2,1-3H3,(H-,19,23,24,25). The van der Waals surface area contributed by atoms with Gasteiger partial charge in [-0.2, -0.15) is 0 Å². The summed E-state index contributed by atoms with van der Waals surface area (Å²) in [4.78, 5) is 17.0. The number of carbonyl (C=O) groups is 1. The van der Waals surface area contributed by atoms with Crippen molar-refractivity contribution >= 4 is 27.4 Å². The van der Waals surface area contributed by atoms with Crippen LogP contribution in [-0.2, 0) is 14.6 Å². The molecule has 1 saturated carbocycles. The Kier molecular flexibility index (Phi) is 4.56. The smallest absolute Gasteiger partial charge is 0.259 e. The Hall–Kier alpha value is -1.84. The molecule has 0 bridgehead atoms. The molecule has 146 valence electrons. The number of rotatable bonds is 5. The summed E-state index contributed by atoms with van der Waals surface area (Å²) >= 11 is 0. The van der Waals surface area contributed by atoms with E-state index in [4.69, 9.17) is 4.52 Å². The molecule has 0 radical (unpaired) electrons. The molecule has 0 spiro atoms. The highest BCUT2D eigenvalue weighted by molar-refractivity contribution is 7.95. The van der Waals surface area contributed by atoms with Crippen molar-refractivity contribution in [1.29, 1.82) is 0 Å². The zero-order valence-electron chi connectivity index (χ0n) is 15.7. The first-order chi connectivity index (χ1) is 12.8. The lowest BCUT2D eigenvalue weighted by atomic mass is 9.98. The first kappa shape index (κ1) is 18.5. The summed E-state index contributed by atoms with van der Waals surface area (Å²) in [5.41, 5.74) is 2.35. The van der Waals surface area contributed by atoms with Crippen LogP contribution in [0.15, 0.2) is 10.6 Å². The Bertz CT molecular complexity index is 937. The second-order valence-corrected chi connectivity index (χ2v) is 10.1. The minimum Gasteiger partial charge on any atom is -0.597 e. The SMILES string of the molecule is CNC(=O)c1cc(C2CC2)nc2onc(C3CCN([S+](=O)([O-])C(C)C)C3)c12. The molecule has 2 aromatic heterocycles. The third-order valence-corrected chi connectivity index (χ3v) is 7.70. The third kappa shape index (κ3) is 3.17. The summed E-state index contributed by atoms with van der Waals surface area (Å²) in [5.74, 6) is 0.0553. The molecule has 9 heteroatoms. The van der Waals surface area contributed by atoms with Crippen molar-refractivity contribution in [2.45, 2.75) is 50.2 Å². The van der Waals surface area contributed by atoms with E-state index < -0.39 is 15.6 Å². The topological polar surface area (TPSA) is 111 Å². The van der Waals surface area contributed by atoms with Crippen LogP contribution in [0.1, 0.15) is 66.7 Å². The Labute approximate surface area is 159 Å². The van der Waals surface area contributed by atoms with Crippen LogP contribution in [0.25, 0.3) is 11.1 Å². The summed E-state index contributed by atoms with van der Waals surface area (Å²) in [6.45, 7) is 4.16. The Morgan fingerprint density at radius 3 is 2.74 bits per heavy atom. The van der Waals surface area contributed by atoms with Gasteiger partial charge in [-0.15, -0.1) is 4.31 Å². The average Bonchev–Trinajstić information content (AvgIpc) is 3.22. The highest BCUT2D eigenvalue weighted by Gasteiger charge is 2.40. The van der Waals surface area contributed by atoms with Gasteiger partial charge in [0.25, 0.3) is 11.6 Å². The quantitative estimate of drug-likeness (QED) is 0.781. The predicted octanol–water partition coefficient (Wildman–Crippen LogP) is 2.20. The van der Waals surface area contributed by atoms with Crippen molar-refractivity contribution in [1.82, 2.24) is 19.8 Å². The van der Waals surface area contributed by atoms with Crippen LogP contribution in [0, 0.1) is 0 Å². The maximum Gasteiger partial charge on any atom is 0.259 e. The van der Waals surface area contributed by atoms with Gasteiger partial charge in [-0.25, -0.2) is 4.98 Å². The van der Waals surface area contributed by atoms with Crippen molar-refractivity contribution in [3.05, 3.63) is 23.0 Å². The number of amides is 1. The number of hydrogen-bond donors (Lipinski definition) is 1. The predicted molar refractivity (Wildman–Crippen MR) is 100 cm³/mol. The second kappa shape index (κ2) is 6.65. The number of nitrogens with one attached hydrogen (secondary N) is 1. The van der Waals surface area contributed by atoms with E-state index in [1.54, 1.807) is 20.9 Å². The normalized spacial score (nSPS) is 23.1. The zero-order chi connectivity index (χ0) is 19.3. The Balaban J connectivity index is 1.73. The minimum absolute atomic E-state index is 0.114. The molecule has 2 atom stereocenters. The van der Waals surface area contributed by atoms with Crippen LogP contribution < -0.4 is 5.32 Å². The summed E-state index contributed by atoms with van der Waals surface area (Å²) in [5, 5.41) is 7.01. The number of aromatic nitrogens is 2. The molecule has 1 aliphatic carbocycles. The monoisotopic (exact) mass is 392 g/mol. The van der Waals surface area contributed by atoms with Crippen molar-refractivity contribution < 1.29 is 18.1 Å². The number of carbonyl (C=O) groups excluding carboxylic acids is 1. The maximum absolute atomic E-state index is 12.5. The minimum atomic E-state index is -3.31. The number of nitrogens with zero attached hydrogens (tertiary/aromatic N) is 3. The van der Waals surface area contributed by atoms with Gasteiger partial charge < -0.3 is 14.4 Å². The first-order valence-electron chi connectivity index (χ1n) is 9.34. The van der Waals surface area contributed by atoms with Gasteiger partial charge >= 0.3 is 0 Å². The molecule has 4 rings (SSSR count). The molecule has 8 nitrogen and oxygen atoms in total. The lowest BCUT2D eigenvalue weighted by Gasteiger charge is -2.26. The molecule has 1 N–H and O–H groups in total. The fraction of sp³-hybridized carbons (Fsp3) is 0.611. The largest absolute Gasteiger partial charge is 0.597 e. The molecular formula is C18H24N4O4S. The van der Waals surface area contributed by atoms with Crippen molar-refractivity contribution in [3.8, 4) is 0 Å². The molecule has 2 unspecified atom stereocenters. The van der Waals surface area contributed by atoms with Gasteiger partial charge in [0.05, 0.1) is 23.2 Å². The summed E-state index contributed by atoms with van der Waals surface area (Å²) in [6.07, 6.45) is 2.78.